The molecule has 0 bridgehead atoms. The van der Waals surface area contributed by atoms with E-state index >= 15 is 0 Å². The molecule has 0 aliphatic rings. The van der Waals surface area contributed by atoms with Crippen molar-refractivity contribution in [2.45, 2.75) is 27.2 Å². The van der Waals surface area contributed by atoms with E-state index in [0.717, 1.165) is 33.1 Å². The Bertz CT molecular complexity index is 1150. The second-order valence-corrected chi connectivity index (χ2v) is 7.48. The van der Waals surface area contributed by atoms with Crippen molar-refractivity contribution in [2.24, 2.45) is 0 Å². The average molecular weight is 361 g/mol. The van der Waals surface area contributed by atoms with E-state index < -0.39 is 0 Å². The average Bonchev–Trinajstić information content (AvgIpc) is 3.02. The lowest BCUT2D eigenvalue weighted by Crippen LogP contribution is -2.14. The molecule has 5 heteroatoms. The van der Waals surface area contributed by atoms with Gasteiger partial charge in [0.15, 0.2) is 5.13 Å². The van der Waals surface area contributed by atoms with E-state index in [0.29, 0.717) is 16.4 Å². The lowest BCUT2D eigenvalue weighted by molar-refractivity contribution is 0.102. The van der Waals surface area contributed by atoms with E-state index in [2.05, 4.69) is 34.3 Å². The van der Waals surface area contributed by atoms with Crippen LogP contribution >= 0.6 is 11.3 Å². The Morgan fingerprint density at radius 2 is 1.85 bits per heavy atom. The van der Waals surface area contributed by atoms with Crippen LogP contribution in [0.4, 0.5) is 5.13 Å². The molecule has 1 amide bonds. The van der Waals surface area contributed by atoms with Crippen molar-refractivity contribution < 1.29 is 4.79 Å². The number of pyridine rings is 1. The van der Waals surface area contributed by atoms with E-state index in [1.807, 2.05) is 44.2 Å². The maximum absolute atomic E-state index is 12.8. The fraction of sp³-hybridized carbons (Fsp3) is 0.190. The lowest BCUT2D eigenvalue weighted by Gasteiger charge is -2.07. The zero-order valence-corrected chi connectivity index (χ0v) is 15.8. The van der Waals surface area contributed by atoms with Crippen LogP contribution in [0.5, 0.6) is 0 Å². The minimum absolute atomic E-state index is 0.173. The fourth-order valence-electron chi connectivity index (χ4n) is 3.03. The number of nitrogens with one attached hydrogen (secondary N) is 1. The first-order valence-electron chi connectivity index (χ1n) is 8.62. The molecule has 0 saturated heterocycles. The second kappa shape index (κ2) is 6.50. The largest absolute Gasteiger partial charge is 0.298 e. The maximum atomic E-state index is 12.8. The van der Waals surface area contributed by atoms with Gasteiger partial charge in [0.1, 0.15) is 0 Å². The molecule has 0 spiro atoms. The van der Waals surface area contributed by atoms with Crippen molar-refractivity contribution in [3.05, 3.63) is 64.8 Å². The van der Waals surface area contributed by atoms with Gasteiger partial charge in [-0.15, -0.1) is 0 Å². The first kappa shape index (κ1) is 16.7. The van der Waals surface area contributed by atoms with Crippen molar-refractivity contribution in [1.82, 2.24) is 9.97 Å². The Morgan fingerprint density at radius 1 is 1.04 bits per heavy atom. The number of hydrogen-bond donors (Lipinski definition) is 1. The number of carbonyl (C=O) groups is 1. The molecule has 2 heterocycles. The van der Waals surface area contributed by atoms with Crippen molar-refractivity contribution in [2.75, 3.05) is 5.32 Å². The summed E-state index contributed by atoms with van der Waals surface area (Å²) >= 11 is 1.50. The number of rotatable bonds is 3. The summed E-state index contributed by atoms with van der Waals surface area (Å²) in [5.74, 6) is -0.173. The van der Waals surface area contributed by atoms with Crippen molar-refractivity contribution >= 4 is 43.5 Å². The molecule has 0 aliphatic heterocycles. The highest BCUT2D eigenvalue weighted by molar-refractivity contribution is 7.22. The van der Waals surface area contributed by atoms with Crippen LogP contribution in [-0.4, -0.2) is 15.9 Å². The van der Waals surface area contributed by atoms with Crippen LogP contribution in [0.15, 0.2) is 42.5 Å². The minimum atomic E-state index is -0.173. The third-order valence-corrected chi connectivity index (χ3v) is 5.42. The summed E-state index contributed by atoms with van der Waals surface area (Å²) in [5, 5.41) is 4.52. The smallest absolute Gasteiger partial charge is 0.259 e. The lowest BCUT2D eigenvalue weighted by atomic mass is 10.1. The van der Waals surface area contributed by atoms with Gasteiger partial charge in [-0.2, -0.15) is 0 Å². The maximum Gasteiger partial charge on any atom is 0.259 e. The normalized spacial score (nSPS) is 11.2. The molecule has 4 rings (SSSR count). The standard InChI is InChI=1S/C21H19N3OS/c1-4-14-6-8-18-19(10-14)26-21(23-18)24-20(25)16-11-15-9-12(2)5-7-17(15)22-13(16)3/h5-11H,4H2,1-3H3,(H,23,24,25). The summed E-state index contributed by atoms with van der Waals surface area (Å²) in [5.41, 5.74) is 5.52. The summed E-state index contributed by atoms with van der Waals surface area (Å²) in [4.78, 5) is 21.9. The molecule has 0 radical (unpaired) electrons. The first-order valence-corrected chi connectivity index (χ1v) is 9.44. The van der Waals surface area contributed by atoms with Gasteiger partial charge in [0.05, 0.1) is 27.0 Å². The van der Waals surface area contributed by atoms with Crippen molar-refractivity contribution in [1.29, 1.82) is 0 Å². The van der Waals surface area contributed by atoms with Crippen LogP contribution in [0.25, 0.3) is 21.1 Å². The summed E-state index contributed by atoms with van der Waals surface area (Å²) in [6.45, 7) is 6.02. The molecule has 0 saturated carbocycles. The molecule has 0 atom stereocenters. The van der Waals surface area contributed by atoms with Crippen LogP contribution in [0, 0.1) is 13.8 Å². The van der Waals surface area contributed by atoms with Gasteiger partial charge in [-0.1, -0.05) is 36.0 Å². The number of aromatic nitrogens is 2. The number of carbonyl (C=O) groups excluding carboxylic acids is 1. The first-order chi connectivity index (χ1) is 12.5. The Hall–Kier alpha value is -2.79. The molecule has 130 valence electrons. The van der Waals surface area contributed by atoms with Crippen LogP contribution in [0.1, 0.15) is 34.1 Å². The summed E-state index contributed by atoms with van der Waals surface area (Å²) in [6.07, 6.45) is 0.983. The Morgan fingerprint density at radius 3 is 2.65 bits per heavy atom. The van der Waals surface area contributed by atoms with E-state index in [1.165, 1.54) is 16.9 Å². The molecule has 0 unspecified atom stereocenters. The fourth-order valence-corrected chi connectivity index (χ4v) is 3.95. The number of aryl methyl sites for hydroxylation is 3. The third kappa shape index (κ3) is 3.06. The van der Waals surface area contributed by atoms with Gasteiger partial charge in [-0.25, -0.2) is 4.98 Å². The molecule has 2 aromatic heterocycles. The molecule has 0 fully saturated rings. The van der Waals surface area contributed by atoms with Gasteiger partial charge in [0.25, 0.3) is 5.91 Å². The number of nitrogens with zero attached hydrogens (tertiary/aromatic N) is 2. The second-order valence-electron chi connectivity index (χ2n) is 6.45. The van der Waals surface area contributed by atoms with Crippen LogP contribution in [0.3, 0.4) is 0 Å². The summed E-state index contributed by atoms with van der Waals surface area (Å²) in [6, 6.07) is 14.2. The highest BCUT2D eigenvalue weighted by atomic mass is 32.1. The van der Waals surface area contributed by atoms with E-state index in [1.54, 1.807) is 0 Å². The highest BCUT2D eigenvalue weighted by Crippen LogP contribution is 2.28. The summed E-state index contributed by atoms with van der Waals surface area (Å²) < 4.78 is 1.09. The topological polar surface area (TPSA) is 54.9 Å². The highest BCUT2D eigenvalue weighted by Gasteiger charge is 2.14. The van der Waals surface area contributed by atoms with Gasteiger partial charge in [-0.05, 0) is 56.2 Å². The van der Waals surface area contributed by atoms with Crippen LogP contribution < -0.4 is 5.32 Å². The summed E-state index contributed by atoms with van der Waals surface area (Å²) in [7, 11) is 0. The SMILES string of the molecule is CCc1ccc2nc(NC(=O)c3cc4cc(C)ccc4nc3C)sc2c1. The molecule has 26 heavy (non-hydrogen) atoms. The van der Waals surface area contributed by atoms with Crippen molar-refractivity contribution in [3.8, 4) is 0 Å². The molecule has 0 aliphatic carbocycles. The molecule has 4 aromatic rings. The number of benzene rings is 2. The zero-order chi connectivity index (χ0) is 18.3. The number of fused-ring (bicyclic) bond motifs is 2. The van der Waals surface area contributed by atoms with E-state index in [-0.39, 0.29) is 5.91 Å². The number of hydrogen-bond acceptors (Lipinski definition) is 4. The molecule has 2 aromatic carbocycles. The Kier molecular flexibility index (Phi) is 4.17. The number of thiazole rings is 1. The monoisotopic (exact) mass is 361 g/mol. The quantitative estimate of drug-likeness (QED) is 0.540. The third-order valence-electron chi connectivity index (χ3n) is 4.49. The Balaban J connectivity index is 1.67. The van der Waals surface area contributed by atoms with Gasteiger partial charge < -0.3 is 0 Å². The van der Waals surface area contributed by atoms with Gasteiger partial charge >= 0.3 is 0 Å². The van der Waals surface area contributed by atoms with Crippen LogP contribution in [0.2, 0.25) is 0 Å². The molecule has 1 N–H and O–H groups in total. The van der Waals surface area contributed by atoms with Crippen LogP contribution in [-0.2, 0) is 6.42 Å². The minimum Gasteiger partial charge on any atom is -0.298 e. The predicted molar refractivity (Wildman–Crippen MR) is 108 cm³/mol. The van der Waals surface area contributed by atoms with E-state index in [9.17, 15) is 4.79 Å². The number of amides is 1. The number of anilines is 1. The molecular formula is C21H19N3OS. The van der Waals surface area contributed by atoms with Gasteiger partial charge in [-0.3, -0.25) is 15.1 Å². The van der Waals surface area contributed by atoms with E-state index in [4.69, 9.17) is 0 Å². The van der Waals surface area contributed by atoms with Crippen molar-refractivity contribution in [3.63, 3.8) is 0 Å². The molecule has 4 nitrogen and oxygen atoms in total. The Labute approximate surface area is 155 Å². The molecular weight excluding hydrogens is 342 g/mol. The zero-order valence-electron chi connectivity index (χ0n) is 15.0. The van der Waals surface area contributed by atoms with Gasteiger partial charge in [0, 0.05) is 5.39 Å². The van der Waals surface area contributed by atoms with Gasteiger partial charge in [0.2, 0.25) is 0 Å². The predicted octanol–water partition coefficient (Wildman–Crippen LogP) is 5.28.